The summed E-state index contributed by atoms with van der Waals surface area (Å²) in [6.45, 7) is 6.89. The molecule has 3 N–H and O–H groups in total. The molecule has 0 fully saturated rings. The first-order valence-corrected chi connectivity index (χ1v) is 6.47. The minimum atomic E-state index is -0.985. The molecule has 0 atom stereocenters. The maximum atomic E-state index is 10.9. The lowest BCUT2D eigenvalue weighted by molar-refractivity contribution is 0.0691. The third kappa shape index (κ3) is 3.14. The monoisotopic (exact) mass is 274 g/mol. The molecule has 2 rings (SSSR count). The Morgan fingerprint density at radius 1 is 1.50 bits per heavy atom. The number of aromatic nitrogens is 3. The molecule has 20 heavy (non-hydrogen) atoms. The summed E-state index contributed by atoms with van der Waals surface area (Å²) in [5, 5.41) is 12.1. The van der Waals surface area contributed by atoms with Crippen LogP contribution in [0.4, 0.5) is 5.95 Å². The molecule has 0 spiro atoms. The van der Waals surface area contributed by atoms with Gasteiger partial charge in [0.1, 0.15) is 5.69 Å². The lowest BCUT2D eigenvalue weighted by Crippen LogP contribution is -2.11. The average Bonchev–Trinajstić information content (AvgIpc) is 2.87. The van der Waals surface area contributed by atoms with Gasteiger partial charge in [-0.2, -0.15) is 0 Å². The van der Waals surface area contributed by atoms with Crippen molar-refractivity contribution in [1.29, 1.82) is 0 Å². The summed E-state index contributed by atoms with van der Waals surface area (Å²) in [6.07, 6.45) is 3.38. The molecule has 0 saturated heterocycles. The number of carbonyl (C=O) groups is 1. The summed E-state index contributed by atoms with van der Waals surface area (Å²) in [5.41, 5.74) is 2.52. The Labute approximate surface area is 117 Å². The average molecular weight is 274 g/mol. The van der Waals surface area contributed by atoms with Crippen LogP contribution >= 0.6 is 0 Å². The molecule has 0 amide bonds. The van der Waals surface area contributed by atoms with Gasteiger partial charge >= 0.3 is 5.97 Å². The Morgan fingerprint density at radius 3 is 2.85 bits per heavy atom. The van der Waals surface area contributed by atoms with Crippen molar-refractivity contribution in [3.05, 3.63) is 29.7 Å². The second-order valence-corrected chi connectivity index (χ2v) is 5.11. The fourth-order valence-electron chi connectivity index (χ4n) is 1.77. The van der Waals surface area contributed by atoms with Crippen molar-refractivity contribution in [3.8, 4) is 11.3 Å². The molecule has 6 heteroatoms. The number of aromatic carboxylic acids is 1. The number of hydrogen-bond donors (Lipinski definition) is 3. The van der Waals surface area contributed by atoms with Crippen molar-refractivity contribution in [1.82, 2.24) is 15.0 Å². The largest absolute Gasteiger partial charge is 0.477 e. The van der Waals surface area contributed by atoms with Gasteiger partial charge in [-0.15, -0.1) is 0 Å². The third-order valence-corrected chi connectivity index (χ3v) is 2.83. The normalized spacial score (nSPS) is 10.8. The van der Waals surface area contributed by atoms with Crippen LogP contribution in [-0.2, 0) is 0 Å². The van der Waals surface area contributed by atoms with Crippen LogP contribution in [0.1, 0.15) is 29.9 Å². The first-order chi connectivity index (χ1) is 9.47. The van der Waals surface area contributed by atoms with Gasteiger partial charge in [-0.25, -0.2) is 14.8 Å². The van der Waals surface area contributed by atoms with E-state index in [-0.39, 0.29) is 5.69 Å². The van der Waals surface area contributed by atoms with E-state index in [1.165, 1.54) is 0 Å². The second-order valence-electron chi connectivity index (χ2n) is 5.11. The quantitative estimate of drug-likeness (QED) is 0.779. The van der Waals surface area contributed by atoms with Gasteiger partial charge in [-0.1, -0.05) is 13.8 Å². The highest BCUT2D eigenvalue weighted by molar-refractivity contribution is 5.87. The maximum Gasteiger partial charge on any atom is 0.352 e. The number of nitrogens with zero attached hydrogens (tertiary/aromatic N) is 2. The smallest absolute Gasteiger partial charge is 0.352 e. The van der Waals surface area contributed by atoms with E-state index in [0.717, 1.165) is 23.4 Å². The predicted molar refractivity (Wildman–Crippen MR) is 76.8 cm³/mol. The van der Waals surface area contributed by atoms with Gasteiger partial charge in [0.2, 0.25) is 5.95 Å². The SMILES string of the molecule is Cc1cnc(NCC(C)C)nc1-c1c[nH]c(C(=O)O)c1. The number of nitrogens with one attached hydrogen (secondary N) is 2. The second kappa shape index (κ2) is 5.73. The number of carboxylic acid groups (broad SMARTS) is 1. The summed E-state index contributed by atoms with van der Waals surface area (Å²) in [4.78, 5) is 22.3. The van der Waals surface area contributed by atoms with Gasteiger partial charge in [0, 0.05) is 24.5 Å². The highest BCUT2D eigenvalue weighted by atomic mass is 16.4. The van der Waals surface area contributed by atoms with Crippen LogP contribution in [0.3, 0.4) is 0 Å². The van der Waals surface area contributed by atoms with Gasteiger partial charge in [0.15, 0.2) is 0 Å². The lowest BCUT2D eigenvalue weighted by Gasteiger charge is -2.09. The Bertz CT molecular complexity index is 619. The van der Waals surface area contributed by atoms with E-state index in [0.29, 0.717) is 11.9 Å². The van der Waals surface area contributed by atoms with E-state index in [4.69, 9.17) is 5.11 Å². The molecular weight excluding hydrogens is 256 g/mol. The van der Waals surface area contributed by atoms with E-state index < -0.39 is 5.97 Å². The van der Waals surface area contributed by atoms with Crippen LogP contribution in [0.5, 0.6) is 0 Å². The fraction of sp³-hybridized carbons (Fsp3) is 0.357. The molecule has 0 aromatic carbocycles. The number of anilines is 1. The number of H-pyrrole nitrogens is 1. The molecule has 0 saturated carbocycles. The van der Waals surface area contributed by atoms with Crippen molar-refractivity contribution >= 4 is 11.9 Å². The van der Waals surface area contributed by atoms with Crippen LogP contribution in [-0.4, -0.2) is 32.6 Å². The first kappa shape index (κ1) is 14.0. The minimum absolute atomic E-state index is 0.148. The Hall–Kier alpha value is -2.37. The molecule has 6 nitrogen and oxygen atoms in total. The van der Waals surface area contributed by atoms with Gasteiger partial charge in [0.25, 0.3) is 0 Å². The molecule has 2 aromatic rings. The summed E-state index contributed by atoms with van der Waals surface area (Å²) >= 11 is 0. The summed E-state index contributed by atoms with van der Waals surface area (Å²) < 4.78 is 0. The molecule has 0 aliphatic rings. The van der Waals surface area contributed by atoms with Crippen LogP contribution < -0.4 is 5.32 Å². The molecule has 106 valence electrons. The number of hydrogen-bond acceptors (Lipinski definition) is 4. The number of carboxylic acids is 1. The Kier molecular flexibility index (Phi) is 4.02. The highest BCUT2D eigenvalue weighted by Gasteiger charge is 2.11. The summed E-state index contributed by atoms with van der Waals surface area (Å²) in [7, 11) is 0. The van der Waals surface area contributed by atoms with E-state index in [1.807, 2.05) is 6.92 Å². The predicted octanol–water partition coefficient (Wildman–Crippen LogP) is 2.55. The van der Waals surface area contributed by atoms with E-state index in [2.05, 4.69) is 34.1 Å². The van der Waals surface area contributed by atoms with Crippen molar-refractivity contribution in [2.45, 2.75) is 20.8 Å². The molecular formula is C14H18N4O2. The van der Waals surface area contributed by atoms with Crippen LogP contribution in [0.25, 0.3) is 11.3 Å². The first-order valence-electron chi connectivity index (χ1n) is 6.47. The highest BCUT2D eigenvalue weighted by Crippen LogP contribution is 2.22. The van der Waals surface area contributed by atoms with Crippen LogP contribution in [0, 0.1) is 12.8 Å². The van der Waals surface area contributed by atoms with Crippen molar-refractivity contribution in [3.63, 3.8) is 0 Å². The van der Waals surface area contributed by atoms with Gasteiger partial charge in [-0.3, -0.25) is 0 Å². The van der Waals surface area contributed by atoms with Gasteiger partial charge < -0.3 is 15.4 Å². The molecule has 0 bridgehead atoms. The molecule has 0 unspecified atom stereocenters. The van der Waals surface area contributed by atoms with E-state index in [1.54, 1.807) is 18.5 Å². The molecule has 0 aliphatic carbocycles. The van der Waals surface area contributed by atoms with Gasteiger partial charge in [0.05, 0.1) is 5.69 Å². The zero-order chi connectivity index (χ0) is 14.7. The summed E-state index contributed by atoms with van der Waals surface area (Å²) in [6, 6.07) is 1.57. The van der Waals surface area contributed by atoms with Crippen molar-refractivity contribution in [2.75, 3.05) is 11.9 Å². The summed E-state index contributed by atoms with van der Waals surface area (Å²) in [5.74, 6) is 0.0627. The minimum Gasteiger partial charge on any atom is -0.477 e. The molecule has 0 radical (unpaired) electrons. The third-order valence-electron chi connectivity index (χ3n) is 2.83. The topological polar surface area (TPSA) is 90.9 Å². The van der Waals surface area contributed by atoms with E-state index >= 15 is 0 Å². The van der Waals surface area contributed by atoms with Crippen molar-refractivity contribution < 1.29 is 9.90 Å². The molecule has 0 aliphatic heterocycles. The standard InChI is InChI=1S/C14H18N4O2/c1-8(2)5-16-14-17-6-9(3)12(18-14)10-4-11(13(19)20)15-7-10/h4,6-8,15H,5H2,1-3H3,(H,19,20)(H,16,17,18). The fourth-order valence-corrected chi connectivity index (χ4v) is 1.77. The van der Waals surface area contributed by atoms with Gasteiger partial charge in [-0.05, 0) is 24.5 Å². The Morgan fingerprint density at radius 2 is 2.25 bits per heavy atom. The number of rotatable bonds is 5. The number of aryl methyl sites for hydroxylation is 1. The van der Waals surface area contributed by atoms with E-state index in [9.17, 15) is 4.79 Å². The zero-order valence-corrected chi connectivity index (χ0v) is 11.8. The molecule has 2 aromatic heterocycles. The van der Waals surface area contributed by atoms with Crippen LogP contribution in [0.2, 0.25) is 0 Å². The van der Waals surface area contributed by atoms with Crippen LogP contribution in [0.15, 0.2) is 18.5 Å². The van der Waals surface area contributed by atoms with Crippen molar-refractivity contribution in [2.24, 2.45) is 5.92 Å². The molecule has 2 heterocycles. The Balaban J connectivity index is 2.29. The lowest BCUT2D eigenvalue weighted by atomic mass is 10.1. The maximum absolute atomic E-state index is 10.9. The number of aromatic amines is 1. The zero-order valence-electron chi connectivity index (χ0n) is 11.8.